The first-order valence-electron chi connectivity index (χ1n) is 16.0. The molecule has 0 N–H and O–H groups in total. The molecule has 6 nitrogen and oxygen atoms in total. The summed E-state index contributed by atoms with van der Waals surface area (Å²) >= 11 is 1.29. The topological polar surface area (TPSA) is 65.6 Å². The summed E-state index contributed by atoms with van der Waals surface area (Å²) in [6, 6.07) is 31.5. The van der Waals surface area contributed by atoms with Crippen molar-refractivity contribution < 1.29 is 13.9 Å². The summed E-state index contributed by atoms with van der Waals surface area (Å²) in [7, 11) is 0. The van der Waals surface area contributed by atoms with Gasteiger partial charge in [-0.15, -0.1) is 0 Å². The normalized spacial score (nSPS) is 14.8. The minimum Gasteiger partial charge on any atom is -0.463 e. The van der Waals surface area contributed by atoms with Crippen molar-refractivity contribution in [1.29, 1.82) is 0 Å². The fourth-order valence-electron chi connectivity index (χ4n) is 6.29. The van der Waals surface area contributed by atoms with Crippen LogP contribution in [0.5, 0.6) is 0 Å². The van der Waals surface area contributed by atoms with Gasteiger partial charge in [0.05, 0.1) is 35.0 Å². The van der Waals surface area contributed by atoms with E-state index in [9.17, 15) is 14.0 Å². The lowest BCUT2D eigenvalue weighted by Gasteiger charge is -2.26. The van der Waals surface area contributed by atoms with Crippen LogP contribution < -0.4 is 14.9 Å². The van der Waals surface area contributed by atoms with E-state index in [0.717, 1.165) is 33.2 Å². The first kappa shape index (κ1) is 31.3. The van der Waals surface area contributed by atoms with Gasteiger partial charge in [-0.3, -0.25) is 9.36 Å². The zero-order valence-electron chi connectivity index (χ0n) is 26.9. The Morgan fingerprint density at radius 3 is 2.40 bits per heavy atom. The van der Waals surface area contributed by atoms with Gasteiger partial charge in [0.15, 0.2) is 4.80 Å². The molecule has 6 aromatic rings. The molecule has 0 saturated carbocycles. The lowest BCUT2D eigenvalue weighted by molar-refractivity contribution is -0.138. The molecule has 1 unspecified atom stereocenters. The van der Waals surface area contributed by atoms with Crippen molar-refractivity contribution in [2.24, 2.45) is 4.99 Å². The molecule has 7 rings (SSSR count). The maximum atomic E-state index is 14.6. The van der Waals surface area contributed by atoms with Gasteiger partial charge in [0.1, 0.15) is 5.82 Å². The average Bonchev–Trinajstić information content (AvgIpc) is 3.61. The number of esters is 1. The summed E-state index contributed by atoms with van der Waals surface area (Å²) in [5, 5.41) is 0.942. The number of carbonyl (C=O) groups is 1. The predicted molar refractivity (Wildman–Crippen MR) is 189 cm³/mol. The molecule has 0 spiro atoms. The van der Waals surface area contributed by atoms with Gasteiger partial charge in [0.25, 0.3) is 5.56 Å². The van der Waals surface area contributed by atoms with Crippen LogP contribution in [0.25, 0.3) is 22.7 Å². The van der Waals surface area contributed by atoms with E-state index in [1.807, 2.05) is 102 Å². The van der Waals surface area contributed by atoms with Gasteiger partial charge in [-0.05, 0) is 42.2 Å². The van der Waals surface area contributed by atoms with E-state index in [1.165, 1.54) is 17.4 Å². The first-order valence-corrected chi connectivity index (χ1v) is 16.8. The minimum absolute atomic E-state index is 0.185. The van der Waals surface area contributed by atoms with Gasteiger partial charge in [0.2, 0.25) is 0 Å². The quantitative estimate of drug-likeness (QED) is 0.163. The molecule has 0 fully saturated rings. The molecule has 0 aliphatic carbocycles. The summed E-state index contributed by atoms with van der Waals surface area (Å²) in [6.07, 6.45) is 3.83. The molecule has 0 radical (unpaired) electrons. The highest BCUT2D eigenvalue weighted by molar-refractivity contribution is 7.07. The van der Waals surface area contributed by atoms with Crippen LogP contribution in [-0.4, -0.2) is 21.7 Å². The van der Waals surface area contributed by atoms with E-state index < -0.39 is 12.0 Å². The third kappa shape index (κ3) is 5.73. The molecule has 1 aliphatic rings. The van der Waals surface area contributed by atoms with Crippen molar-refractivity contribution in [1.82, 2.24) is 9.13 Å². The number of rotatable bonds is 8. The Labute approximate surface area is 281 Å². The molecule has 1 atom stereocenters. The maximum absolute atomic E-state index is 14.6. The number of para-hydroxylation sites is 1. The Kier molecular flexibility index (Phi) is 8.50. The minimum atomic E-state index is -0.749. The molecule has 240 valence electrons. The van der Waals surface area contributed by atoms with Crippen LogP contribution in [0.15, 0.2) is 125 Å². The summed E-state index contributed by atoms with van der Waals surface area (Å²) in [5.74, 6) is -0.455. The first-order chi connectivity index (χ1) is 23.3. The van der Waals surface area contributed by atoms with Crippen LogP contribution in [0, 0.1) is 5.82 Å². The van der Waals surface area contributed by atoms with E-state index in [4.69, 9.17) is 9.73 Å². The predicted octanol–water partition coefficient (Wildman–Crippen LogP) is 7.20. The molecule has 1 aliphatic heterocycles. The number of ether oxygens (including phenoxy) is 1. The summed E-state index contributed by atoms with van der Waals surface area (Å²) < 4.78 is 24.3. The summed E-state index contributed by atoms with van der Waals surface area (Å²) in [5.41, 5.74) is 5.60. The number of thiazole rings is 1. The number of aromatic nitrogens is 2. The molecular formula is C40H34FN3O3S. The van der Waals surface area contributed by atoms with Crippen molar-refractivity contribution in [2.75, 3.05) is 6.61 Å². The third-order valence-corrected chi connectivity index (χ3v) is 9.68. The lowest BCUT2D eigenvalue weighted by Crippen LogP contribution is -2.40. The Bertz CT molecular complexity index is 2370. The van der Waals surface area contributed by atoms with Crippen molar-refractivity contribution in [2.45, 2.75) is 39.3 Å². The molecule has 0 amide bonds. The Balaban J connectivity index is 1.45. The highest BCUT2D eigenvalue weighted by atomic mass is 32.1. The van der Waals surface area contributed by atoms with Gasteiger partial charge >= 0.3 is 5.97 Å². The second kappa shape index (κ2) is 13.0. The number of carbonyl (C=O) groups excluding carboxylic acids is 1. The second-order valence-electron chi connectivity index (χ2n) is 12.1. The average molecular weight is 656 g/mol. The molecule has 4 aromatic carbocycles. The van der Waals surface area contributed by atoms with Crippen molar-refractivity contribution in [3.05, 3.63) is 168 Å². The van der Waals surface area contributed by atoms with Crippen LogP contribution in [0.2, 0.25) is 0 Å². The lowest BCUT2D eigenvalue weighted by atomic mass is 9.91. The number of halogens is 1. The van der Waals surface area contributed by atoms with E-state index >= 15 is 0 Å². The Hall–Kier alpha value is -5.34. The van der Waals surface area contributed by atoms with E-state index in [2.05, 4.69) is 13.8 Å². The standard InChI is InChI=1S/C40H34FN3O3S/c1-4-47-39(46)35-36(27-12-6-5-7-13-27)42-40-44(37(35)28-20-18-26(19-21-28)25(2)3)38(45)34(48-40)22-30-24-43(33-17-11-9-15-31(30)33)23-29-14-8-10-16-32(29)41/h5-22,24-25,37H,4,23H2,1-3H3. The molecule has 0 bridgehead atoms. The smallest absolute Gasteiger partial charge is 0.338 e. The van der Waals surface area contributed by atoms with Crippen molar-refractivity contribution in [3.8, 4) is 0 Å². The zero-order valence-corrected chi connectivity index (χ0v) is 27.7. The van der Waals surface area contributed by atoms with Crippen molar-refractivity contribution in [3.63, 3.8) is 0 Å². The second-order valence-corrected chi connectivity index (χ2v) is 13.1. The van der Waals surface area contributed by atoms with E-state index in [1.54, 1.807) is 23.6 Å². The van der Waals surface area contributed by atoms with Crippen LogP contribution in [0.4, 0.5) is 4.39 Å². The zero-order chi connectivity index (χ0) is 33.4. The van der Waals surface area contributed by atoms with Gasteiger partial charge in [-0.2, -0.15) is 0 Å². The van der Waals surface area contributed by atoms with Gasteiger partial charge in [-0.25, -0.2) is 14.2 Å². The monoisotopic (exact) mass is 655 g/mol. The summed E-state index contributed by atoms with van der Waals surface area (Å²) in [6.45, 7) is 6.56. The summed E-state index contributed by atoms with van der Waals surface area (Å²) in [4.78, 5) is 33.7. The fraction of sp³-hybridized carbons (Fsp3) is 0.175. The van der Waals surface area contributed by atoms with Gasteiger partial charge in [0, 0.05) is 33.8 Å². The van der Waals surface area contributed by atoms with Crippen LogP contribution >= 0.6 is 11.3 Å². The van der Waals surface area contributed by atoms with Gasteiger partial charge in [-0.1, -0.05) is 116 Å². The Morgan fingerprint density at radius 2 is 1.67 bits per heavy atom. The molecule has 0 saturated heterocycles. The maximum Gasteiger partial charge on any atom is 0.338 e. The number of benzene rings is 4. The molecule has 48 heavy (non-hydrogen) atoms. The molecule has 2 aromatic heterocycles. The largest absolute Gasteiger partial charge is 0.463 e. The van der Waals surface area contributed by atoms with Crippen molar-refractivity contribution >= 4 is 40.0 Å². The highest BCUT2D eigenvalue weighted by Crippen LogP contribution is 2.35. The Morgan fingerprint density at radius 1 is 0.958 bits per heavy atom. The molecule has 3 heterocycles. The van der Waals surface area contributed by atoms with Crippen LogP contribution in [-0.2, 0) is 16.1 Å². The SMILES string of the molecule is CCOC(=O)C1=C(c2ccccc2)N=c2sc(=Cc3cn(Cc4ccccc4F)c4ccccc34)c(=O)n2C1c1ccc(C(C)C)cc1. The van der Waals surface area contributed by atoms with Crippen LogP contribution in [0.3, 0.4) is 0 Å². The van der Waals surface area contributed by atoms with E-state index in [-0.39, 0.29) is 18.0 Å². The highest BCUT2D eigenvalue weighted by Gasteiger charge is 2.35. The van der Waals surface area contributed by atoms with E-state index in [0.29, 0.717) is 38.6 Å². The molecular weight excluding hydrogens is 622 g/mol. The molecule has 8 heteroatoms. The third-order valence-electron chi connectivity index (χ3n) is 8.70. The number of hydrogen-bond acceptors (Lipinski definition) is 5. The van der Waals surface area contributed by atoms with Gasteiger partial charge < -0.3 is 9.30 Å². The van der Waals surface area contributed by atoms with Crippen LogP contribution in [0.1, 0.15) is 60.5 Å². The number of nitrogens with zero attached hydrogens (tertiary/aromatic N) is 3. The number of hydrogen-bond donors (Lipinski definition) is 0. The number of fused-ring (bicyclic) bond motifs is 2. The fourth-order valence-corrected chi connectivity index (χ4v) is 7.28.